The SMILES string of the molecule is c1ccc(-c2ccc(-c3ccc(C4=NC(c5ccc(-n6c7cc8ccccc8cc7c7cc8ccccc8cc76)cc5-c5cccc6oc7ccccc7c56)NC(c5ccc(-c6ccc(-c7ccccc7)cc6)cc5)=N4)cc3)cc2)cc1. The van der Waals surface area contributed by atoms with Crippen LogP contribution in [0.2, 0.25) is 0 Å². The summed E-state index contributed by atoms with van der Waals surface area (Å²) in [7, 11) is 0. The molecule has 0 radical (unpaired) electrons. The largest absolute Gasteiger partial charge is 0.456 e. The quantitative estimate of drug-likeness (QED) is 0.157. The smallest absolute Gasteiger partial charge is 0.159 e. The van der Waals surface area contributed by atoms with Crippen molar-refractivity contribution in [2.45, 2.75) is 6.17 Å². The molecule has 1 atom stereocenters. The fraction of sp³-hybridized carbons (Fsp3) is 0.0130. The van der Waals surface area contributed by atoms with Crippen molar-refractivity contribution < 1.29 is 4.42 Å². The second kappa shape index (κ2) is 19.5. The Balaban J connectivity index is 0.861. The molecule has 2 aromatic heterocycles. The van der Waals surface area contributed by atoms with Gasteiger partial charge in [0, 0.05) is 43.9 Å². The molecule has 0 saturated carbocycles. The number of aromatic nitrogens is 1. The zero-order valence-electron chi connectivity index (χ0n) is 44.5. The van der Waals surface area contributed by atoms with Crippen LogP contribution in [0.25, 0.3) is 127 Å². The summed E-state index contributed by atoms with van der Waals surface area (Å²) in [5.41, 5.74) is 19.3. The van der Waals surface area contributed by atoms with Crippen molar-refractivity contribution in [3.63, 3.8) is 0 Å². The van der Waals surface area contributed by atoms with Crippen molar-refractivity contribution >= 4 is 77.0 Å². The lowest BCUT2D eigenvalue weighted by Gasteiger charge is -2.26. The maximum absolute atomic E-state index is 6.62. The zero-order valence-corrected chi connectivity index (χ0v) is 44.5. The summed E-state index contributed by atoms with van der Waals surface area (Å²) in [6.45, 7) is 0. The topological polar surface area (TPSA) is 54.8 Å². The summed E-state index contributed by atoms with van der Waals surface area (Å²) in [6.07, 6.45) is -0.540. The molecule has 0 saturated heterocycles. The van der Waals surface area contributed by atoms with Gasteiger partial charge in [-0.25, -0.2) is 9.98 Å². The molecule has 13 aromatic carbocycles. The molecule has 1 unspecified atom stereocenters. The van der Waals surface area contributed by atoms with Crippen LogP contribution in [0.1, 0.15) is 22.9 Å². The first-order valence-corrected chi connectivity index (χ1v) is 28.0. The number of fused-ring (bicyclic) bond motifs is 8. The third-order valence-electron chi connectivity index (χ3n) is 16.5. The fourth-order valence-corrected chi connectivity index (χ4v) is 12.3. The number of amidine groups is 2. The molecule has 15 aromatic rings. The number of rotatable bonds is 9. The molecule has 16 rings (SSSR count). The van der Waals surface area contributed by atoms with Gasteiger partial charge >= 0.3 is 0 Å². The van der Waals surface area contributed by atoms with Crippen molar-refractivity contribution in [3.05, 3.63) is 308 Å². The number of nitrogens with zero attached hydrogens (tertiary/aromatic N) is 3. The van der Waals surface area contributed by atoms with Crippen LogP contribution in [0.15, 0.2) is 306 Å². The monoisotopic (exact) mass is 1050 g/mol. The molecule has 1 aliphatic heterocycles. The third kappa shape index (κ3) is 8.25. The number of hydrogen-bond acceptors (Lipinski definition) is 4. The Hall–Kier alpha value is -10.9. The second-order valence-corrected chi connectivity index (χ2v) is 21.3. The lowest BCUT2D eigenvalue weighted by molar-refractivity contribution is 0.668. The van der Waals surface area contributed by atoms with Crippen LogP contribution in [-0.4, -0.2) is 16.2 Å². The van der Waals surface area contributed by atoms with Gasteiger partial charge in [0.2, 0.25) is 0 Å². The first-order chi connectivity index (χ1) is 40.6. The number of nitrogens with one attached hydrogen (secondary N) is 1. The lowest BCUT2D eigenvalue weighted by Crippen LogP contribution is -2.33. The fourth-order valence-electron chi connectivity index (χ4n) is 12.3. The average Bonchev–Trinajstić information content (AvgIpc) is 4.22. The number of aliphatic imine (C=N–C) groups is 2. The van der Waals surface area contributed by atoms with Gasteiger partial charge in [0.25, 0.3) is 0 Å². The lowest BCUT2D eigenvalue weighted by atomic mass is 9.93. The highest BCUT2D eigenvalue weighted by Crippen LogP contribution is 2.44. The van der Waals surface area contributed by atoms with Crippen LogP contribution in [0.4, 0.5) is 0 Å². The van der Waals surface area contributed by atoms with Crippen molar-refractivity contribution in [1.82, 2.24) is 9.88 Å². The molecule has 0 bridgehead atoms. The molecule has 82 heavy (non-hydrogen) atoms. The summed E-state index contributed by atoms with van der Waals surface area (Å²) in [5, 5.41) is 13.3. The molecular formula is C77H50N4O. The molecule has 3 heterocycles. The Morgan fingerprint density at radius 3 is 1.30 bits per heavy atom. The average molecular weight is 1050 g/mol. The highest BCUT2D eigenvalue weighted by atomic mass is 16.3. The van der Waals surface area contributed by atoms with Crippen LogP contribution >= 0.6 is 0 Å². The zero-order chi connectivity index (χ0) is 54.1. The van der Waals surface area contributed by atoms with Gasteiger partial charge in [-0.15, -0.1) is 0 Å². The van der Waals surface area contributed by atoms with Gasteiger partial charge < -0.3 is 14.3 Å². The van der Waals surface area contributed by atoms with Crippen molar-refractivity contribution in [2.24, 2.45) is 9.98 Å². The molecular weight excluding hydrogens is 997 g/mol. The molecule has 1 aliphatic rings. The minimum Gasteiger partial charge on any atom is -0.456 e. The van der Waals surface area contributed by atoms with Gasteiger partial charge in [-0.05, 0) is 126 Å². The molecule has 0 fully saturated rings. The van der Waals surface area contributed by atoms with E-state index in [1.807, 2.05) is 6.07 Å². The summed E-state index contributed by atoms with van der Waals surface area (Å²) in [5.74, 6) is 1.39. The molecule has 384 valence electrons. The maximum Gasteiger partial charge on any atom is 0.159 e. The number of para-hydroxylation sites is 1. The predicted octanol–water partition coefficient (Wildman–Crippen LogP) is 19.8. The van der Waals surface area contributed by atoms with Gasteiger partial charge in [-0.1, -0.05) is 243 Å². The third-order valence-corrected chi connectivity index (χ3v) is 16.5. The molecule has 5 heteroatoms. The van der Waals surface area contributed by atoms with Crippen molar-refractivity contribution in [1.29, 1.82) is 0 Å². The highest BCUT2D eigenvalue weighted by molar-refractivity contribution is 6.18. The Morgan fingerprint density at radius 2 is 0.768 bits per heavy atom. The Bertz CT molecular complexity index is 4920. The van der Waals surface area contributed by atoms with E-state index in [2.05, 4.69) is 295 Å². The molecule has 0 spiro atoms. The summed E-state index contributed by atoms with van der Waals surface area (Å²) < 4.78 is 9.07. The minimum absolute atomic E-state index is 0.540. The number of hydrogen-bond donors (Lipinski definition) is 1. The van der Waals surface area contributed by atoms with Crippen LogP contribution in [0.3, 0.4) is 0 Å². The van der Waals surface area contributed by atoms with E-state index in [0.717, 1.165) is 94.6 Å². The van der Waals surface area contributed by atoms with Crippen molar-refractivity contribution in [3.8, 4) is 61.3 Å². The van der Waals surface area contributed by atoms with E-state index >= 15 is 0 Å². The first kappa shape index (κ1) is 47.1. The first-order valence-electron chi connectivity index (χ1n) is 28.0. The maximum atomic E-state index is 6.62. The summed E-state index contributed by atoms with van der Waals surface area (Å²) in [6, 6.07) is 105. The normalized spacial score (nSPS) is 13.5. The van der Waals surface area contributed by atoms with Crippen LogP contribution < -0.4 is 5.32 Å². The summed E-state index contributed by atoms with van der Waals surface area (Å²) >= 11 is 0. The molecule has 0 aliphatic carbocycles. The van der Waals surface area contributed by atoms with Crippen LogP contribution in [-0.2, 0) is 0 Å². The van der Waals surface area contributed by atoms with E-state index in [1.54, 1.807) is 0 Å². The predicted molar refractivity (Wildman–Crippen MR) is 342 cm³/mol. The van der Waals surface area contributed by atoms with E-state index in [9.17, 15) is 0 Å². The van der Waals surface area contributed by atoms with E-state index < -0.39 is 6.17 Å². The van der Waals surface area contributed by atoms with E-state index in [0.29, 0.717) is 5.84 Å². The van der Waals surface area contributed by atoms with Gasteiger partial charge in [-0.2, -0.15) is 0 Å². The molecule has 0 amide bonds. The molecule has 5 nitrogen and oxygen atoms in total. The van der Waals surface area contributed by atoms with Crippen molar-refractivity contribution in [2.75, 3.05) is 0 Å². The van der Waals surface area contributed by atoms with Gasteiger partial charge in [-0.3, -0.25) is 0 Å². The summed E-state index contributed by atoms with van der Waals surface area (Å²) in [4.78, 5) is 11.0. The number of furan rings is 1. The minimum atomic E-state index is -0.540. The molecule has 1 N–H and O–H groups in total. The van der Waals surface area contributed by atoms with E-state index in [-0.39, 0.29) is 0 Å². The van der Waals surface area contributed by atoms with E-state index in [4.69, 9.17) is 14.4 Å². The van der Waals surface area contributed by atoms with Crippen LogP contribution in [0.5, 0.6) is 0 Å². The van der Waals surface area contributed by atoms with Gasteiger partial charge in [0.05, 0.1) is 11.0 Å². The van der Waals surface area contributed by atoms with Gasteiger partial charge in [0.1, 0.15) is 23.2 Å². The standard InChI is InChI=1S/C77H50N4O/c1-3-14-49(15-4-1)51-26-30-53(31-27-51)55-34-38-57(39-35-55)75-78-76(58-40-36-56(37-41-58)54-32-28-52(29-33-54)50-16-5-2-6-17-50)80-77(79-75)65-43-42-63(48-67(65)64-23-13-25-73-74(64)66-22-11-12-24-72(66)82-73)81-70-46-61-20-9-7-18-59(61)44-68(70)69-45-60-19-8-10-21-62(60)47-71(69)81/h1-48,77H,(H,78,79,80). The Kier molecular flexibility index (Phi) is 11.2. The van der Waals surface area contributed by atoms with Gasteiger partial charge in [0.15, 0.2) is 5.84 Å². The highest BCUT2D eigenvalue weighted by Gasteiger charge is 2.27. The van der Waals surface area contributed by atoms with E-state index in [1.165, 1.54) is 54.6 Å². The number of benzene rings is 13. The Morgan fingerprint density at radius 1 is 0.329 bits per heavy atom. The van der Waals surface area contributed by atoms with Crippen LogP contribution in [0, 0.1) is 0 Å². The Labute approximate surface area is 474 Å². The second-order valence-electron chi connectivity index (χ2n) is 21.3.